The van der Waals surface area contributed by atoms with Crippen LogP contribution in [0.25, 0.3) is 0 Å². The van der Waals surface area contributed by atoms with Crippen molar-refractivity contribution >= 4 is 11.6 Å². The van der Waals surface area contributed by atoms with Crippen LogP contribution in [0.1, 0.15) is 21.5 Å². The summed E-state index contributed by atoms with van der Waals surface area (Å²) in [6.45, 7) is 0.507. The van der Waals surface area contributed by atoms with Gasteiger partial charge in [-0.15, -0.1) is 0 Å². The quantitative estimate of drug-likeness (QED) is 0.882. The zero-order chi connectivity index (χ0) is 15.1. The molecule has 0 unspecified atom stereocenters. The Morgan fingerprint density at radius 1 is 1.14 bits per heavy atom. The summed E-state index contributed by atoms with van der Waals surface area (Å²) in [5.41, 5.74) is 8.80. The van der Waals surface area contributed by atoms with Gasteiger partial charge < -0.3 is 11.1 Å². The van der Waals surface area contributed by atoms with Crippen LogP contribution >= 0.6 is 0 Å². The van der Waals surface area contributed by atoms with E-state index in [1.807, 2.05) is 30.3 Å². The van der Waals surface area contributed by atoms with Crippen LogP contribution in [-0.4, -0.2) is 12.5 Å². The maximum atomic E-state index is 12.3. The molecule has 0 saturated heterocycles. The normalized spacial score (nSPS) is 9.90. The molecule has 0 fully saturated rings. The summed E-state index contributed by atoms with van der Waals surface area (Å²) < 4.78 is 0. The van der Waals surface area contributed by atoms with Gasteiger partial charge in [-0.1, -0.05) is 30.3 Å². The number of nitrogens with one attached hydrogen (secondary N) is 1. The van der Waals surface area contributed by atoms with E-state index in [0.717, 1.165) is 11.1 Å². The molecule has 0 aliphatic heterocycles. The molecule has 21 heavy (non-hydrogen) atoms. The van der Waals surface area contributed by atoms with Gasteiger partial charge in [-0.25, -0.2) is 0 Å². The molecule has 2 rings (SSSR count). The second-order valence-electron chi connectivity index (χ2n) is 4.68. The molecule has 0 aliphatic rings. The number of hydrogen-bond acceptors (Lipinski definition) is 3. The Morgan fingerprint density at radius 2 is 1.86 bits per heavy atom. The van der Waals surface area contributed by atoms with Crippen molar-refractivity contribution in [2.75, 3.05) is 11.9 Å². The van der Waals surface area contributed by atoms with Crippen molar-refractivity contribution < 1.29 is 4.79 Å². The fraction of sp³-hybridized carbons (Fsp3) is 0.176. The SMILES string of the molecule is N#CCc1ccc(NC(=O)c2ccccc2CCN)cc1. The van der Waals surface area contributed by atoms with Crippen molar-refractivity contribution in [2.24, 2.45) is 5.73 Å². The molecule has 0 atom stereocenters. The first-order chi connectivity index (χ1) is 10.2. The molecule has 0 radical (unpaired) electrons. The van der Waals surface area contributed by atoms with Gasteiger partial charge in [-0.05, 0) is 42.3 Å². The van der Waals surface area contributed by atoms with Gasteiger partial charge in [0.1, 0.15) is 0 Å². The minimum Gasteiger partial charge on any atom is -0.330 e. The highest BCUT2D eigenvalue weighted by molar-refractivity contribution is 6.05. The second kappa shape index (κ2) is 7.22. The van der Waals surface area contributed by atoms with Crippen LogP contribution in [0.5, 0.6) is 0 Å². The zero-order valence-corrected chi connectivity index (χ0v) is 11.7. The number of amides is 1. The Balaban J connectivity index is 2.13. The Hall–Kier alpha value is -2.64. The Kier molecular flexibility index (Phi) is 5.08. The molecule has 0 spiro atoms. The van der Waals surface area contributed by atoms with Crippen LogP contribution in [0, 0.1) is 11.3 Å². The van der Waals surface area contributed by atoms with Crippen molar-refractivity contribution in [3.63, 3.8) is 0 Å². The lowest BCUT2D eigenvalue weighted by Crippen LogP contribution is -2.15. The minimum absolute atomic E-state index is 0.146. The van der Waals surface area contributed by atoms with Gasteiger partial charge in [0, 0.05) is 11.3 Å². The summed E-state index contributed by atoms with van der Waals surface area (Å²) >= 11 is 0. The molecule has 1 amide bonds. The van der Waals surface area contributed by atoms with Gasteiger partial charge in [-0.2, -0.15) is 5.26 Å². The molecule has 0 bridgehead atoms. The summed E-state index contributed by atoms with van der Waals surface area (Å²) in [4.78, 5) is 12.3. The molecule has 0 aromatic heterocycles. The first kappa shape index (κ1) is 14.8. The maximum Gasteiger partial charge on any atom is 0.255 e. The van der Waals surface area contributed by atoms with Gasteiger partial charge in [0.15, 0.2) is 0 Å². The average molecular weight is 279 g/mol. The third-order valence-electron chi connectivity index (χ3n) is 3.17. The fourth-order valence-electron chi connectivity index (χ4n) is 2.11. The van der Waals surface area contributed by atoms with Crippen molar-refractivity contribution in [1.29, 1.82) is 5.26 Å². The lowest BCUT2D eigenvalue weighted by molar-refractivity contribution is 0.102. The summed E-state index contributed by atoms with van der Waals surface area (Å²) in [5, 5.41) is 11.5. The third-order valence-corrected chi connectivity index (χ3v) is 3.17. The van der Waals surface area contributed by atoms with E-state index < -0.39 is 0 Å². The Labute approximate surface area is 124 Å². The van der Waals surface area contributed by atoms with Crippen LogP contribution in [-0.2, 0) is 12.8 Å². The summed E-state index contributed by atoms with van der Waals surface area (Å²) in [5.74, 6) is -0.146. The fourth-order valence-corrected chi connectivity index (χ4v) is 2.11. The minimum atomic E-state index is -0.146. The van der Waals surface area contributed by atoms with Gasteiger partial charge in [0.25, 0.3) is 5.91 Å². The number of carbonyl (C=O) groups excluding carboxylic acids is 1. The molecule has 106 valence electrons. The van der Waals surface area contributed by atoms with Crippen molar-refractivity contribution in [3.8, 4) is 6.07 Å². The molecule has 2 aromatic carbocycles. The van der Waals surface area contributed by atoms with Crippen LogP contribution in [0.4, 0.5) is 5.69 Å². The molecular weight excluding hydrogens is 262 g/mol. The van der Waals surface area contributed by atoms with Crippen LogP contribution in [0.2, 0.25) is 0 Å². The Bertz CT molecular complexity index is 656. The molecule has 0 saturated carbocycles. The highest BCUT2D eigenvalue weighted by atomic mass is 16.1. The molecule has 0 aliphatic carbocycles. The van der Waals surface area contributed by atoms with Crippen molar-refractivity contribution in [3.05, 3.63) is 65.2 Å². The van der Waals surface area contributed by atoms with Crippen LogP contribution < -0.4 is 11.1 Å². The molecule has 4 nitrogen and oxygen atoms in total. The number of anilines is 1. The van der Waals surface area contributed by atoms with E-state index in [9.17, 15) is 4.79 Å². The number of hydrogen-bond donors (Lipinski definition) is 2. The van der Waals surface area contributed by atoms with E-state index in [4.69, 9.17) is 11.0 Å². The summed E-state index contributed by atoms with van der Waals surface area (Å²) in [6.07, 6.45) is 1.04. The number of nitrogens with zero attached hydrogens (tertiary/aromatic N) is 1. The lowest BCUT2D eigenvalue weighted by atomic mass is 10.0. The third kappa shape index (κ3) is 3.91. The zero-order valence-electron chi connectivity index (χ0n) is 11.7. The lowest BCUT2D eigenvalue weighted by Gasteiger charge is -2.09. The average Bonchev–Trinajstić information content (AvgIpc) is 2.50. The summed E-state index contributed by atoms with van der Waals surface area (Å²) in [6, 6.07) is 16.8. The molecule has 2 aromatic rings. The van der Waals surface area contributed by atoms with E-state index in [1.165, 1.54) is 0 Å². The largest absolute Gasteiger partial charge is 0.330 e. The number of carbonyl (C=O) groups is 1. The predicted molar refractivity (Wildman–Crippen MR) is 82.9 cm³/mol. The predicted octanol–water partition coefficient (Wildman–Crippen LogP) is 2.51. The van der Waals surface area contributed by atoms with E-state index in [0.29, 0.717) is 30.6 Å². The van der Waals surface area contributed by atoms with Crippen LogP contribution in [0.15, 0.2) is 48.5 Å². The topological polar surface area (TPSA) is 78.9 Å². The van der Waals surface area contributed by atoms with Gasteiger partial charge >= 0.3 is 0 Å². The number of rotatable bonds is 5. The second-order valence-corrected chi connectivity index (χ2v) is 4.68. The van der Waals surface area contributed by atoms with E-state index in [-0.39, 0.29) is 5.91 Å². The number of nitriles is 1. The maximum absolute atomic E-state index is 12.3. The first-order valence-electron chi connectivity index (χ1n) is 6.80. The monoisotopic (exact) mass is 279 g/mol. The Morgan fingerprint density at radius 3 is 2.52 bits per heavy atom. The number of nitrogens with two attached hydrogens (primary N) is 1. The molecule has 3 N–H and O–H groups in total. The highest BCUT2D eigenvalue weighted by Crippen LogP contribution is 2.14. The first-order valence-corrected chi connectivity index (χ1v) is 6.80. The van der Waals surface area contributed by atoms with Crippen molar-refractivity contribution in [2.45, 2.75) is 12.8 Å². The smallest absolute Gasteiger partial charge is 0.255 e. The molecular formula is C17H17N3O. The van der Waals surface area contributed by atoms with E-state index >= 15 is 0 Å². The highest BCUT2D eigenvalue weighted by Gasteiger charge is 2.10. The van der Waals surface area contributed by atoms with E-state index in [2.05, 4.69) is 11.4 Å². The molecule has 4 heteroatoms. The van der Waals surface area contributed by atoms with Crippen molar-refractivity contribution in [1.82, 2.24) is 0 Å². The summed E-state index contributed by atoms with van der Waals surface area (Å²) in [7, 11) is 0. The standard InChI is InChI=1S/C17H17N3O/c18-11-9-13-5-7-15(8-6-13)20-17(21)16-4-2-1-3-14(16)10-12-19/h1-8H,9-10,12,19H2,(H,20,21). The molecule has 0 heterocycles. The van der Waals surface area contributed by atoms with E-state index in [1.54, 1.807) is 18.2 Å². The van der Waals surface area contributed by atoms with Gasteiger partial charge in [-0.3, -0.25) is 4.79 Å². The number of benzene rings is 2. The van der Waals surface area contributed by atoms with Crippen LogP contribution in [0.3, 0.4) is 0 Å². The van der Waals surface area contributed by atoms with Gasteiger partial charge in [0.05, 0.1) is 12.5 Å². The van der Waals surface area contributed by atoms with Gasteiger partial charge in [0.2, 0.25) is 0 Å².